The lowest BCUT2D eigenvalue weighted by Crippen LogP contribution is -2.56. The summed E-state index contributed by atoms with van der Waals surface area (Å²) in [4.78, 5) is 27.1. The fraction of sp³-hybridized carbons (Fsp3) is 0.600. The zero-order chi connectivity index (χ0) is 19.1. The van der Waals surface area contributed by atoms with Crippen molar-refractivity contribution in [2.45, 2.75) is 70.6 Å². The van der Waals surface area contributed by atoms with E-state index in [1.807, 2.05) is 20.8 Å². The van der Waals surface area contributed by atoms with Crippen LogP contribution in [-0.4, -0.2) is 34.5 Å². The number of Topliss-reactive ketones (excluding diaryl/α,β-unsaturated/α-hetero) is 1. The monoisotopic (exact) mass is 365 g/mol. The summed E-state index contributed by atoms with van der Waals surface area (Å²) in [5.41, 5.74) is -0.506. The Morgan fingerprint density at radius 2 is 1.58 bits per heavy atom. The number of amides is 1. The third-order valence-electron chi connectivity index (χ3n) is 5.10. The summed E-state index contributed by atoms with van der Waals surface area (Å²) in [5.74, 6) is -2.08. The second kappa shape index (κ2) is 6.97. The Morgan fingerprint density at radius 1 is 1.04 bits per heavy atom. The van der Waals surface area contributed by atoms with Gasteiger partial charge in [0.1, 0.15) is 17.2 Å². The molecule has 2 heterocycles. The first-order valence-corrected chi connectivity index (χ1v) is 9.15. The van der Waals surface area contributed by atoms with Gasteiger partial charge in [0.25, 0.3) is 0 Å². The highest BCUT2D eigenvalue weighted by Gasteiger charge is 2.44. The smallest absolute Gasteiger partial charge is 0.410 e. The van der Waals surface area contributed by atoms with E-state index in [9.17, 15) is 18.4 Å². The van der Waals surface area contributed by atoms with Crippen LogP contribution in [0.25, 0.3) is 0 Å². The lowest BCUT2D eigenvalue weighted by molar-refractivity contribution is -0.0260. The SMILES string of the molecule is CC(C)(C)OC(=O)N1C2CCCC1CC(C(=O)c1cc(F)cc(F)c1)C2. The molecule has 2 aliphatic heterocycles. The van der Waals surface area contributed by atoms with Gasteiger partial charge in [-0.1, -0.05) is 0 Å². The molecule has 2 aliphatic rings. The number of benzene rings is 1. The first-order valence-electron chi connectivity index (χ1n) is 9.15. The van der Waals surface area contributed by atoms with Crippen LogP contribution in [0, 0.1) is 17.6 Å². The number of halogens is 2. The summed E-state index contributed by atoms with van der Waals surface area (Å²) in [5, 5.41) is 0. The molecule has 2 atom stereocenters. The number of hydrogen-bond acceptors (Lipinski definition) is 3. The van der Waals surface area contributed by atoms with Crippen molar-refractivity contribution in [1.29, 1.82) is 0 Å². The van der Waals surface area contributed by atoms with Crippen LogP contribution in [-0.2, 0) is 4.74 Å². The zero-order valence-electron chi connectivity index (χ0n) is 15.4. The number of hydrogen-bond donors (Lipinski definition) is 0. The molecule has 2 fully saturated rings. The number of ether oxygens (including phenoxy) is 1. The molecule has 4 nitrogen and oxygen atoms in total. The fourth-order valence-corrected chi connectivity index (χ4v) is 4.14. The molecule has 3 rings (SSSR count). The number of piperidine rings is 2. The minimum absolute atomic E-state index is 0.0651. The van der Waals surface area contributed by atoms with Crippen molar-refractivity contribution in [3.05, 3.63) is 35.4 Å². The van der Waals surface area contributed by atoms with Gasteiger partial charge in [-0.05, 0) is 65.0 Å². The van der Waals surface area contributed by atoms with Crippen LogP contribution in [0.1, 0.15) is 63.2 Å². The van der Waals surface area contributed by atoms with E-state index in [1.165, 1.54) is 0 Å². The van der Waals surface area contributed by atoms with Crippen molar-refractivity contribution in [2.75, 3.05) is 0 Å². The molecular formula is C20H25F2NO3. The molecule has 0 N–H and O–H groups in total. The number of ketones is 1. The molecule has 142 valence electrons. The maximum atomic E-state index is 13.5. The Kier molecular flexibility index (Phi) is 5.04. The molecular weight excluding hydrogens is 340 g/mol. The summed E-state index contributed by atoms with van der Waals surface area (Å²) in [6, 6.07) is 2.80. The highest BCUT2D eigenvalue weighted by Crippen LogP contribution is 2.39. The summed E-state index contributed by atoms with van der Waals surface area (Å²) in [6.07, 6.45) is 3.31. The van der Waals surface area contributed by atoms with Gasteiger partial charge < -0.3 is 9.64 Å². The second-order valence-electron chi connectivity index (χ2n) is 8.32. The lowest BCUT2D eigenvalue weighted by Gasteiger charge is -2.48. The average molecular weight is 365 g/mol. The van der Waals surface area contributed by atoms with Crippen molar-refractivity contribution in [2.24, 2.45) is 5.92 Å². The van der Waals surface area contributed by atoms with Crippen molar-refractivity contribution >= 4 is 11.9 Å². The minimum atomic E-state index is -0.750. The van der Waals surface area contributed by atoms with Crippen molar-refractivity contribution in [3.63, 3.8) is 0 Å². The highest BCUT2D eigenvalue weighted by atomic mass is 19.1. The largest absolute Gasteiger partial charge is 0.444 e. The van der Waals surface area contributed by atoms with E-state index < -0.39 is 17.2 Å². The predicted octanol–water partition coefficient (Wildman–Crippen LogP) is 4.72. The number of nitrogens with zero attached hydrogens (tertiary/aromatic N) is 1. The van der Waals surface area contributed by atoms with E-state index in [1.54, 1.807) is 4.90 Å². The van der Waals surface area contributed by atoms with Crippen molar-refractivity contribution in [1.82, 2.24) is 4.90 Å². The molecule has 0 radical (unpaired) electrons. The summed E-state index contributed by atoms with van der Waals surface area (Å²) >= 11 is 0. The molecule has 0 aliphatic carbocycles. The van der Waals surface area contributed by atoms with Gasteiger partial charge in [-0.3, -0.25) is 4.79 Å². The molecule has 0 aromatic heterocycles. The second-order valence-corrected chi connectivity index (χ2v) is 8.32. The quantitative estimate of drug-likeness (QED) is 0.713. The number of carbonyl (C=O) groups excluding carboxylic acids is 2. The summed E-state index contributed by atoms with van der Waals surface area (Å²) < 4.78 is 32.4. The van der Waals surface area contributed by atoms with Crippen LogP contribution in [0.2, 0.25) is 0 Å². The lowest BCUT2D eigenvalue weighted by atomic mass is 9.76. The van der Waals surface area contributed by atoms with Crippen LogP contribution in [0.3, 0.4) is 0 Å². The molecule has 0 spiro atoms. The number of fused-ring (bicyclic) bond motifs is 2. The van der Waals surface area contributed by atoms with Crippen molar-refractivity contribution < 1.29 is 23.1 Å². The third-order valence-corrected chi connectivity index (χ3v) is 5.10. The molecule has 1 aromatic carbocycles. The molecule has 2 bridgehead atoms. The molecule has 6 heteroatoms. The van der Waals surface area contributed by atoms with Crippen LogP contribution in [0.4, 0.5) is 13.6 Å². The Morgan fingerprint density at radius 3 is 2.08 bits per heavy atom. The molecule has 0 saturated carbocycles. The maximum absolute atomic E-state index is 13.5. The Bertz CT molecular complexity index is 679. The maximum Gasteiger partial charge on any atom is 0.410 e. The normalized spacial score (nSPS) is 25.7. The molecule has 1 amide bonds. The van der Waals surface area contributed by atoms with Gasteiger partial charge >= 0.3 is 6.09 Å². The van der Waals surface area contributed by atoms with Gasteiger partial charge in [0.05, 0.1) is 0 Å². The van der Waals surface area contributed by atoms with E-state index in [-0.39, 0.29) is 35.4 Å². The summed E-state index contributed by atoms with van der Waals surface area (Å²) in [6.45, 7) is 5.49. The van der Waals surface area contributed by atoms with E-state index in [2.05, 4.69) is 0 Å². The average Bonchev–Trinajstić information content (AvgIpc) is 2.50. The van der Waals surface area contributed by atoms with Crippen LogP contribution in [0.5, 0.6) is 0 Å². The molecule has 1 aromatic rings. The van der Waals surface area contributed by atoms with Gasteiger partial charge in [0, 0.05) is 29.6 Å². The van der Waals surface area contributed by atoms with Gasteiger partial charge in [0.15, 0.2) is 5.78 Å². The Labute approximate surface area is 152 Å². The van der Waals surface area contributed by atoms with Crippen molar-refractivity contribution in [3.8, 4) is 0 Å². The van der Waals surface area contributed by atoms with E-state index in [4.69, 9.17) is 4.74 Å². The van der Waals surface area contributed by atoms with Crippen LogP contribution < -0.4 is 0 Å². The Balaban J connectivity index is 1.77. The molecule has 2 saturated heterocycles. The Hall–Kier alpha value is -1.98. The molecule has 2 unspecified atom stereocenters. The van der Waals surface area contributed by atoms with E-state index >= 15 is 0 Å². The van der Waals surface area contributed by atoms with E-state index in [0.717, 1.165) is 37.5 Å². The number of rotatable bonds is 2. The topological polar surface area (TPSA) is 46.6 Å². The standard InChI is InChI=1S/C20H25F2NO3/c1-20(2,3)26-19(25)23-16-5-4-6-17(23)10-13(9-16)18(24)12-7-14(21)11-15(22)8-12/h7-8,11,13,16-17H,4-6,9-10H2,1-3H3. The van der Waals surface area contributed by atoms with Crippen LogP contribution in [0.15, 0.2) is 18.2 Å². The first-order chi connectivity index (χ1) is 12.1. The minimum Gasteiger partial charge on any atom is -0.444 e. The van der Waals surface area contributed by atoms with Gasteiger partial charge in [-0.2, -0.15) is 0 Å². The first kappa shape index (κ1) is 18.8. The summed E-state index contributed by atoms with van der Waals surface area (Å²) in [7, 11) is 0. The highest BCUT2D eigenvalue weighted by molar-refractivity contribution is 5.98. The molecule has 26 heavy (non-hydrogen) atoms. The van der Waals surface area contributed by atoms with Gasteiger partial charge in [-0.25, -0.2) is 13.6 Å². The van der Waals surface area contributed by atoms with E-state index in [0.29, 0.717) is 12.8 Å². The zero-order valence-corrected chi connectivity index (χ0v) is 15.4. The van der Waals surface area contributed by atoms with Crippen LogP contribution >= 0.6 is 0 Å². The van der Waals surface area contributed by atoms with Gasteiger partial charge in [0.2, 0.25) is 0 Å². The number of carbonyl (C=O) groups is 2. The fourth-order valence-electron chi connectivity index (χ4n) is 4.14. The van der Waals surface area contributed by atoms with Gasteiger partial charge in [-0.15, -0.1) is 0 Å². The predicted molar refractivity (Wildman–Crippen MR) is 92.9 cm³/mol. The third kappa shape index (κ3) is 4.05.